The Morgan fingerprint density at radius 3 is 2.41 bits per heavy atom. The zero-order valence-electron chi connectivity index (χ0n) is 16.2. The zero-order chi connectivity index (χ0) is 20.0. The van der Waals surface area contributed by atoms with Gasteiger partial charge in [0.1, 0.15) is 0 Å². The van der Waals surface area contributed by atoms with Gasteiger partial charge in [0, 0.05) is 0 Å². The number of piperazine rings is 1. The quantitative estimate of drug-likeness (QED) is 0.428. The molecule has 0 bridgehead atoms. The Morgan fingerprint density at radius 1 is 1.03 bits per heavy atom. The second-order valence-electron chi connectivity index (χ2n) is 8.23. The molecule has 1 amide bonds. The van der Waals surface area contributed by atoms with E-state index >= 15 is 0 Å². The molecule has 0 radical (unpaired) electrons. The number of carbonyl (C=O) groups is 1. The Balaban J connectivity index is 1.43. The van der Waals surface area contributed by atoms with Crippen molar-refractivity contribution >= 4 is 34.8 Å². The van der Waals surface area contributed by atoms with E-state index in [1.54, 1.807) is 6.07 Å². The first-order valence-electron chi connectivity index (χ1n) is 10.3. The number of nitrogens with zero attached hydrogens (tertiary/aromatic N) is 2. The molecule has 5 rings (SSSR count). The van der Waals surface area contributed by atoms with E-state index in [-0.39, 0.29) is 6.04 Å². The molecular formula is C23H24Cl2IN2O-. The molecule has 2 unspecified atom stereocenters. The molecule has 2 aliphatic heterocycles. The van der Waals surface area contributed by atoms with Crippen LogP contribution in [0.15, 0.2) is 42.5 Å². The number of alkyl halides is 2. The number of amides is 1. The first-order valence-corrected chi connectivity index (χ1v) is 13.8. The molecule has 3 nitrogen and oxygen atoms in total. The third-order valence-corrected chi connectivity index (χ3v) is 9.12. The second kappa shape index (κ2) is 8.27. The van der Waals surface area contributed by atoms with Crippen LogP contribution in [0.5, 0.6) is 0 Å². The summed E-state index contributed by atoms with van der Waals surface area (Å²) in [7, 11) is 0. The standard InChI is InChI=1S/C23H24Cl2IN2O/c24-18-7-8-21(19(25)12-18)28-10-9-27(23(29)11-15-1-2-15)14-22(28)17-5-3-16(4-6-17)20-13-26-20/h3-8,12,15,20,22H,1-2,9-11,13-14H2/q-1. The molecule has 29 heavy (non-hydrogen) atoms. The maximum atomic E-state index is 12.8. The van der Waals surface area contributed by atoms with E-state index in [0.717, 1.165) is 22.7 Å². The summed E-state index contributed by atoms with van der Waals surface area (Å²) >= 11 is 13.1. The van der Waals surface area contributed by atoms with Gasteiger partial charge in [0.25, 0.3) is 0 Å². The third-order valence-electron chi connectivity index (χ3n) is 6.10. The topological polar surface area (TPSA) is 23.6 Å². The van der Waals surface area contributed by atoms with Gasteiger partial charge in [-0.05, 0) is 0 Å². The molecule has 3 aliphatic rings. The molecule has 1 saturated carbocycles. The van der Waals surface area contributed by atoms with Crippen LogP contribution in [-0.4, -0.2) is 34.9 Å². The van der Waals surface area contributed by atoms with Crippen molar-refractivity contribution in [3.63, 3.8) is 0 Å². The van der Waals surface area contributed by atoms with Crippen LogP contribution in [0.3, 0.4) is 0 Å². The average Bonchev–Trinajstić information content (AvgIpc) is 3.62. The van der Waals surface area contributed by atoms with E-state index in [2.05, 4.69) is 34.1 Å². The van der Waals surface area contributed by atoms with Gasteiger partial charge in [0.15, 0.2) is 0 Å². The van der Waals surface area contributed by atoms with E-state index < -0.39 is 0 Å². The monoisotopic (exact) mass is 541 g/mol. The summed E-state index contributed by atoms with van der Waals surface area (Å²) < 4.78 is 2.27. The van der Waals surface area contributed by atoms with E-state index in [4.69, 9.17) is 23.2 Å². The van der Waals surface area contributed by atoms with Crippen LogP contribution < -0.4 is 26.1 Å². The van der Waals surface area contributed by atoms with Crippen molar-refractivity contribution in [3.05, 3.63) is 63.6 Å². The molecular weight excluding hydrogens is 518 g/mol. The Morgan fingerprint density at radius 2 is 1.76 bits per heavy atom. The predicted molar refractivity (Wildman–Crippen MR) is 115 cm³/mol. The van der Waals surface area contributed by atoms with Crippen molar-refractivity contribution in [1.82, 2.24) is 4.90 Å². The number of halogens is 3. The summed E-state index contributed by atoms with van der Waals surface area (Å²) in [4.78, 5) is 17.2. The van der Waals surface area contributed by atoms with Crippen molar-refractivity contribution in [2.24, 2.45) is 5.92 Å². The van der Waals surface area contributed by atoms with Gasteiger partial charge in [-0.1, -0.05) is 0 Å². The summed E-state index contributed by atoms with van der Waals surface area (Å²) in [5.41, 5.74) is 3.73. The van der Waals surface area contributed by atoms with Crippen LogP contribution >= 0.6 is 23.2 Å². The summed E-state index contributed by atoms with van der Waals surface area (Å²) in [6, 6.07) is 14.9. The van der Waals surface area contributed by atoms with Crippen molar-refractivity contribution in [2.75, 3.05) is 29.0 Å². The van der Waals surface area contributed by atoms with Gasteiger partial charge in [-0.15, -0.1) is 0 Å². The molecule has 6 heteroatoms. The Hall–Kier alpha value is -0.980. The van der Waals surface area contributed by atoms with Crippen LogP contribution in [0.2, 0.25) is 10.0 Å². The molecule has 0 spiro atoms. The van der Waals surface area contributed by atoms with Crippen molar-refractivity contribution < 1.29 is 26.0 Å². The van der Waals surface area contributed by atoms with Gasteiger partial charge in [-0.25, -0.2) is 0 Å². The fourth-order valence-corrected chi connectivity index (χ4v) is 6.35. The van der Waals surface area contributed by atoms with E-state index in [0.29, 0.717) is 56.0 Å². The minimum atomic E-state index is 0.105. The number of rotatable bonds is 5. The van der Waals surface area contributed by atoms with Crippen molar-refractivity contribution in [1.29, 1.82) is 0 Å². The first kappa shape index (κ1) is 20.0. The fourth-order valence-electron chi connectivity index (χ4n) is 4.15. The predicted octanol–water partition coefficient (Wildman–Crippen LogP) is 2.33. The molecule has 0 aromatic heterocycles. The van der Waals surface area contributed by atoms with Crippen molar-refractivity contribution in [3.8, 4) is 0 Å². The Kier molecular flexibility index (Phi) is 5.69. The molecule has 0 N–H and O–H groups in total. The summed E-state index contributed by atoms with van der Waals surface area (Å²) in [5.74, 6) is 0.921. The second-order valence-corrected chi connectivity index (χ2v) is 12.3. The Labute approximate surface area is 192 Å². The molecule has 1 aliphatic carbocycles. The van der Waals surface area contributed by atoms with E-state index in [1.807, 2.05) is 12.1 Å². The maximum absolute atomic E-state index is 12.8. The summed E-state index contributed by atoms with van der Waals surface area (Å²) in [5, 5.41) is 1.31. The first-order chi connectivity index (χ1) is 14.1. The number of anilines is 1. The average molecular weight is 542 g/mol. The number of benzene rings is 2. The molecule has 2 aromatic carbocycles. The van der Waals surface area contributed by atoms with Gasteiger partial charge in [-0.3, -0.25) is 0 Å². The molecule has 2 heterocycles. The number of carbonyl (C=O) groups excluding carboxylic acids is 1. The fraction of sp³-hybridized carbons (Fsp3) is 0.435. The van der Waals surface area contributed by atoms with Crippen LogP contribution in [-0.2, 0) is 4.79 Å². The van der Waals surface area contributed by atoms with Gasteiger partial charge in [0.2, 0.25) is 0 Å². The minimum absolute atomic E-state index is 0.105. The van der Waals surface area contributed by atoms with Gasteiger partial charge in [-0.2, -0.15) is 0 Å². The van der Waals surface area contributed by atoms with E-state index in [9.17, 15) is 4.79 Å². The van der Waals surface area contributed by atoms with Gasteiger partial charge < -0.3 is 0 Å². The third kappa shape index (κ3) is 4.54. The van der Waals surface area contributed by atoms with Gasteiger partial charge >= 0.3 is 193 Å². The molecule has 3 fully saturated rings. The van der Waals surface area contributed by atoms with Crippen LogP contribution in [0.25, 0.3) is 0 Å². The normalized spacial score (nSPS) is 24.2. The zero-order valence-corrected chi connectivity index (χ0v) is 19.8. The van der Waals surface area contributed by atoms with Crippen molar-refractivity contribution in [2.45, 2.75) is 29.2 Å². The molecule has 2 atom stereocenters. The van der Waals surface area contributed by atoms with Crippen LogP contribution in [0.1, 0.15) is 40.4 Å². The van der Waals surface area contributed by atoms with Crippen LogP contribution in [0, 0.1) is 5.92 Å². The number of hydrogen-bond acceptors (Lipinski definition) is 2. The number of hydrogen-bond donors (Lipinski definition) is 0. The summed E-state index contributed by atoms with van der Waals surface area (Å²) in [6.45, 7) is 2.23. The van der Waals surface area contributed by atoms with Gasteiger partial charge in [0.05, 0.1) is 0 Å². The molecule has 2 saturated heterocycles. The SMILES string of the molecule is O=C(CC1CC1)N1CCN(c2ccc(Cl)cc2Cl)C(c2ccc(C3C[I-]3)cc2)C1. The summed E-state index contributed by atoms with van der Waals surface area (Å²) in [6.07, 6.45) is 3.13. The molecule has 2 aromatic rings. The Bertz CT molecular complexity index is 912. The van der Waals surface area contributed by atoms with Crippen LogP contribution in [0.4, 0.5) is 5.69 Å². The molecule has 154 valence electrons. The van der Waals surface area contributed by atoms with E-state index in [1.165, 1.54) is 28.4 Å².